The van der Waals surface area contributed by atoms with Crippen LogP contribution in [0.4, 0.5) is 0 Å². The maximum atomic E-state index is 12.9. The van der Waals surface area contributed by atoms with Crippen molar-refractivity contribution in [3.8, 4) is 0 Å². The summed E-state index contributed by atoms with van der Waals surface area (Å²) in [6.07, 6.45) is 78.0. The minimum atomic E-state index is -0.784. The van der Waals surface area contributed by atoms with Gasteiger partial charge in [0.2, 0.25) is 0 Å². The van der Waals surface area contributed by atoms with Crippen LogP contribution < -0.4 is 0 Å². The first-order chi connectivity index (χ1) is 36.0. The van der Waals surface area contributed by atoms with Crippen LogP contribution in [0.3, 0.4) is 0 Å². The summed E-state index contributed by atoms with van der Waals surface area (Å²) in [5.74, 6) is -0.889. The number of carbonyl (C=O) groups is 3. The van der Waals surface area contributed by atoms with Gasteiger partial charge >= 0.3 is 17.9 Å². The summed E-state index contributed by atoms with van der Waals surface area (Å²) >= 11 is 0. The molecule has 0 heterocycles. The average molecular weight is 1020 g/mol. The second kappa shape index (κ2) is 61.7. The van der Waals surface area contributed by atoms with Crippen molar-refractivity contribution in [2.24, 2.45) is 0 Å². The highest BCUT2D eigenvalue weighted by Gasteiger charge is 2.19. The summed E-state index contributed by atoms with van der Waals surface area (Å²) in [6.45, 7) is 6.57. The SMILES string of the molecule is CCC/C=C\C/C=C\CCCCCCCC(=O)OCC(COC(=O)CCCCCCCCCCCCCCC/C=C\CCCCCCCCCC)OC(=O)CCCCCCCCC/C=C\C/C=C\CCCCC. The van der Waals surface area contributed by atoms with Gasteiger partial charge in [-0.1, -0.05) is 268 Å². The number of hydrogen-bond acceptors (Lipinski definition) is 6. The van der Waals surface area contributed by atoms with Crippen molar-refractivity contribution in [2.75, 3.05) is 13.2 Å². The van der Waals surface area contributed by atoms with Crippen molar-refractivity contribution in [3.05, 3.63) is 60.8 Å². The largest absolute Gasteiger partial charge is 0.462 e. The molecular weight excluding hydrogens is 901 g/mol. The standard InChI is InChI=1S/C67H120O6/c1-4-7-10-13-16-19-22-25-27-29-30-31-32-33-34-35-36-38-39-42-45-48-51-54-57-60-66(69)72-63-64(62-71-65(68)59-56-53-50-47-44-41-24-21-18-15-12-9-6-3)73-67(70)61-58-55-52-49-46-43-40-37-28-26-23-20-17-14-11-8-5-2/h12,15,17,20-21,24,26,28-30,64H,4-11,13-14,16,18-19,22-23,25,27,31-63H2,1-3H3/b15-12-,20-17-,24-21-,28-26-,30-29-. The first-order valence-corrected chi connectivity index (χ1v) is 31.8. The topological polar surface area (TPSA) is 78.9 Å². The lowest BCUT2D eigenvalue weighted by Crippen LogP contribution is -2.30. The van der Waals surface area contributed by atoms with E-state index >= 15 is 0 Å². The quantitative estimate of drug-likeness (QED) is 0.0261. The zero-order valence-corrected chi connectivity index (χ0v) is 48.7. The fourth-order valence-electron chi connectivity index (χ4n) is 9.15. The molecule has 0 aliphatic carbocycles. The van der Waals surface area contributed by atoms with Gasteiger partial charge < -0.3 is 14.2 Å². The molecule has 0 saturated carbocycles. The summed E-state index contributed by atoms with van der Waals surface area (Å²) < 4.78 is 16.9. The monoisotopic (exact) mass is 1020 g/mol. The zero-order chi connectivity index (χ0) is 52.9. The van der Waals surface area contributed by atoms with Crippen LogP contribution >= 0.6 is 0 Å². The lowest BCUT2D eigenvalue weighted by molar-refractivity contribution is -0.167. The number of unbranched alkanes of at least 4 members (excludes halogenated alkanes) is 37. The molecule has 0 rings (SSSR count). The van der Waals surface area contributed by atoms with E-state index in [1.165, 1.54) is 193 Å². The number of ether oxygens (including phenoxy) is 3. The summed E-state index contributed by atoms with van der Waals surface area (Å²) in [4.78, 5) is 38.3. The highest BCUT2D eigenvalue weighted by Crippen LogP contribution is 2.17. The molecule has 1 atom stereocenters. The molecule has 0 aromatic heterocycles. The van der Waals surface area contributed by atoms with Gasteiger partial charge in [-0.15, -0.1) is 0 Å². The third kappa shape index (κ3) is 59.9. The van der Waals surface area contributed by atoms with E-state index < -0.39 is 6.10 Å². The van der Waals surface area contributed by atoms with E-state index in [1.54, 1.807) is 0 Å². The highest BCUT2D eigenvalue weighted by atomic mass is 16.6. The minimum Gasteiger partial charge on any atom is -0.462 e. The second-order valence-electron chi connectivity index (χ2n) is 21.3. The van der Waals surface area contributed by atoms with Gasteiger partial charge in [-0.25, -0.2) is 0 Å². The van der Waals surface area contributed by atoms with Crippen molar-refractivity contribution in [1.29, 1.82) is 0 Å². The van der Waals surface area contributed by atoms with Crippen LogP contribution in [0.25, 0.3) is 0 Å². The Morgan fingerprint density at radius 2 is 0.521 bits per heavy atom. The van der Waals surface area contributed by atoms with Gasteiger partial charge in [0.05, 0.1) is 0 Å². The first-order valence-electron chi connectivity index (χ1n) is 31.8. The molecule has 0 aliphatic heterocycles. The van der Waals surface area contributed by atoms with Gasteiger partial charge in [0.25, 0.3) is 0 Å². The molecule has 0 aromatic rings. The zero-order valence-electron chi connectivity index (χ0n) is 48.7. The van der Waals surface area contributed by atoms with E-state index in [9.17, 15) is 14.4 Å². The smallest absolute Gasteiger partial charge is 0.306 e. The van der Waals surface area contributed by atoms with Gasteiger partial charge in [0, 0.05) is 19.3 Å². The molecule has 0 amide bonds. The molecule has 0 saturated heterocycles. The molecular formula is C67H120O6. The van der Waals surface area contributed by atoms with E-state index in [2.05, 4.69) is 81.5 Å². The van der Waals surface area contributed by atoms with E-state index in [0.29, 0.717) is 19.3 Å². The van der Waals surface area contributed by atoms with Gasteiger partial charge in [-0.2, -0.15) is 0 Å². The molecule has 1 unspecified atom stereocenters. The fraction of sp³-hybridized carbons (Fsp3) is 0.806. The Balaban J connectivity index is 4.27. The minimum absolute atomic E-state index is 0.0803. The van der Waals surface area contributed by atoms with Gasteiger partial charge in [-0.05, 0) is 103 Å². The molecule has 0 bridgehead atoms. The van der Waals surface area contributed by atoms with Gasteiger partial charge in [0.15, 0.2) is 6.10 Å². The van der Waals surface area contributed by atoms with Crippen LogP contribution in [-0.4, -0.2) is 37.2 Å². The summed E-state index contributed by atoms with van der Waals surface area (Å²) in [5, 5.41) is 0. The van der Waals surface area contributed by atoms with E-state index in [1.807, 2.05) is 0 Å². The number of carbonyl (C=O) groups excluding carboxylic acids is 3. The van der Waals surface area contributed by atoms with Crippen LogP contribution in [0, 0.1) is 0 Å². The van der Waals surface area contributed by atoms with E-state index in [-0.39, 0.29) is 31.1 Å². The van der Waals surface area contributed by atoms with Crippen molar-refractivity contribution >= 4 is 17.9 Å². The lowest BCUT2D eigenvalue weighted by Gasteiger charge is -2.18. The molecule has 0 radical (unpaired) electrons. The van der Waals surface area contributed by atoms with Crippen LogP contribution in [0.2, 0.25) is 0 Å². The average Bonchev–Trinajstić information content (AvgIpc) is 3.39. The Bertz CT molecular complexity index is 1310. The molecule has 0 N–H and O–H groups in total. The maximum Gasteiger partial charge on any atom is 0.306 e. The Hall–Kier alpha value is -2.89. The number of rotatable bonds is 58. The van der Waals surface area contributed by atoms with E-state index in [4.69, 9.17) is 14.2 Å². The van der Waals surface area contributed by atoms with E-state index in [0.717, 1.165) is 96.3 Å². The lowest BCUT2D eigenvalue weighted by atomic mass is 10.0. The molecule has 0 fully saturated rings. The predicted molar refractivity (Wildman–Crippen MR) is 316 cm³/mol. The number of esters is 3. The van der Waals surface area contributed by atoms with Crippen molar-refractivity contribution in [1.82, 2.24) is 0 Å². The molecule has 0 aromatic carbocycles. The Morgan fingerprint density at radius 1 is 0.274 bits per heavy atom. The fourth-order valence-corrected chi connectivity index (χ4v) is 9.15. The van der Waals surface area contributed by atoms with Crippen LogP contribution in [0.15, 0.2) is 60.8 Å². The Morgan fingerprint density at radius 3 is 0.849 bits per heavy atom. The predicted octanol–water partition coefficient (Wildman–Crippen LogP) is 21.6. The van der Waals surface area contributed by atoms with Crippen LogP contribution in [0.1, 0.15) is 329 Å². The highest BCUT2D eigenvalue weighted by molar-refractivity contribution is 5.71. The van der Waals surface area contributed by atoms with Crippen molar-refractivity contribution in [3.63, 3.8) is 0 Å². The van der Waals surface area contributed by atoms with Crippen LogP contribution in [0.5, 0.6) is 0 Å². The van der Waals surface area contributed by atoms with Gasteiger partial charge in [-0.3, -0.25) is 14.4 Å². The van der Waals surface area contributed by atoms with Gasteiger partial charge in [0.1, 0.15) is 13.2 Å². The van der Waals surface area contributed by atoms with Crippen LogP contribution in [-0.2, 0) is 28.6 Å². The maximum absolute atomic E-state index is 12.9. The molecule has 0 spiro atoms. The summed E-state index contributed by atoms with van der Waals surface area (Å²) in [5.41, 5.74) is 0. The summed E-state index contributed by atoms with van der Waals surface area (Å²) in [6, 6.07) is 0. The second-order valence-corrected chi connectivity index (χ2v) is 21.3. The van der Waals surface area contributed by atoms with Crippen molar-refractivity contribution < 1.29 is 28.6 Å². The molecule has 0 aliphatic rings. The Kier molecular flexibility index (Phi) is 59.2. The molecule has 6 heteroatoms. The normalized spacial score (nSPS) is 12.4. The third-order valence-corrected chi connectivity index (χ3v) is 13.9. The number of hydrogen-bond donors (Lipinski definition) is 0. The van der Waals surface area contributed by atoms with Crippen molar-refractivity contribution in [2.45, 2.75) is 335 Å². The Labute approximate surface area is 453 Å². The molecule has 73 heavy (non-hydrogen) atoms. The molecule has 6 nitrogen and oxygen atoms in total. The molecule has 424 valence electrons. The number of allylic oxidation sites excluding steroid dienone is 10. The summed E-state index contributed by atoms with van der Waals surface area (Å²) in [7, 11) is 0. The first kappa shape index (κ1) is 70.1. The third-order valence-electron chi connectivity index (χ3n) is 13.9.